The van der Waals surface area contributed by atoms with Gasteiger partial charge in [-0.05, 0) is 24.5 Å². The lowest BCUT2D eigenvalue weighted by Crippen LogP contribution is -2.34. The fourth-order valence-electron chi connectivity index (χ4n) is 2.90. The first kappa shape index (κ1) is 12.2. The van der Waals surface area contributed by atoms with Crippen molar-refractivity contribution in [2.45, 2.75) is 51.4 Å². The van der Waals surface area contributed by atoms with Gasteiger partial charge in [0.15, 0.2) is 0 Å². The van der Waals surface area contributed by atoms with Crippen LogP contribution in [0.1, 0.15) is 51.5 Å². The third-order valence-corrected chi connectivity index (χ3v) is 3.76. The van der Waals surface area contributed by atoms with Gasteiger partial charge in [-0.1, -0.05) is 51.3 Å². The number of benzene rings is 1. The van der Waals surface area contributed by atoms with Gasteiger partial charge in [0.05, 0.1) is 5.41 Å². The predicted molar refractivity (Wildman–Crippen MR) is 71.2 cm³/mol. The van der Waals surface area contributed by atoms with Crippen LogP contribution in [-0.2, 0) is 10.2 Å². The average molecular weight is 231 g/mol. The lowest BCUT2D eigenvalue weighted by atomic mass is 9.74. The summed E-state index contributed by atoms with van der Waals surface area (Å²) in [6.07, 6.45) is 5.23. The number of amides is 1. The first-order valence-electron chi connectivity index (χ1n) is 6.65. The predicted octanol–water partition coefficient (Wildman–Crippen LogP) is 3.87. The van der Waals surface area contributed by atoms with Crippen molar-refractivity contribution in [3.05, 3.63) is 29.8 Å². The Morgan fingerprint density at radius 1 is 1.12 bits per heavy atom. The standard InChI is InChI=1S/C15H21NO/c1-3-5-11-15(10-4-2)12-8-6-7-9-13(12)16-14(15)17/h6-9H,3-5,10-11H2,1-2H3,(H,16,17). The van der Waals surface area contributed by atoms with Crippen molar-refractivity contribution in [2.75, 3.05) is 5.32 Å². The van der Waals surface area contributed by atoms with Crippen LogP contribution in [0, 0.1) is 0 Å². The van der Waals surface area contributed by atoms with Crippen LogP contribution < -0.4 is 5.32 Å². The van der Waals surface area contributed by atoms with E-state index in [1.807, 2.05) is 18.2 Å². The average Bonchev–Trinajstić information content (AvgIpc) is 2.61. The van der Waals surface area contributed by atoms with Crippen molar-refractivity contribution < 1.29 is 4.79 Å². The molecule has 92 valence electrons. The Morgan fingerprint density at radius 2 is 1.88 bits per heavy atom. The van der Waals surface area contributed by atoms with Crippen molar-refractivity contribution in [2.24, 2.45) is 0 Å². The number of nitrogens with one attached hydrogen (secondary N) is 1. The molecule has 0 radical (unpaired) electrons. The van der Waals surface area contributed by atoms with Crippen LogP contribution in [0.2, 0.25) is 0 Å². The lowest BCUT2D eigenvalue weighted by Gasteiger charge is -2.27. The quantitative estimate of drug-likeness (QED) is 0.819. The summed E-state index contributed by atoms with van der Waals surface area (Å²) in [5, 5.41) is 3.04. The minimum Gasteiger partial charge on any atom is -0.325 e. The molecule has 0 spiro atoms. The summed E-state index contributed by atoms with van der Waals surface area (Å²) < 4.78 is 0. The van der Waals surface area contributed by atoms with Crippen molar-refractivity contribution >= 4 is 11.6 Å². The number of carbonyl (C=O) groups excluding carboxylic acids is 1. The fraction of sp³-hybridized carbons (Fsp3) is 0.533. The van der Waals surface area contributed by atoms with E-state index in [4.69, 9.17) is 0 Å². The maximum Gasteiger partial charge on any atom is 0.235 e. The van der Waals surface area contributed by atoms with E-state index < -0.39 is 0 Å². The molecule has 1 amide bonds. The Balaban J connectivity index is 2.40. The molecule has 1 aliphatic heterocycles. The van der Waals surface area contributed by atoms with Crippen LogP contribution >= 0.6 is 0 Å². The zero-order valence-electron chi connectivity index (χ0n) is 10.8. The summed E-state index contributed by atoms with van der Waals surface area (Å²) >= 11 is 0. The van der Waals surface area contributed by atoms with Crippen molar-refractivity contribution in [3.63, 3.8) is 0 Å². The summed E-state index contributed by atoms with van der Waals surface area (Å²) in [5.41, 5.74) is 1.96. The molecule has 0 aliphatic carbocycles. The smallest absolute Gasteiger partial charge is 0.235 e. The highest BCUT2D eigenvalue weighted by atomic mass is 16.2. The molecule has 0 saturated carbocycles. The largest absolute Gasteiger partial charge is 0.325 e. The van der Waals surface area contributed by atoms with Crippen molar-refractivity contribution in [1.82, 2.24) is 0 Å². The van der Waals surface area contributed by atoms with Crippen LogP contribution in [-0.4, -0.2) is 5.91 Å². The number of hydrogen-bond acceptors (Lipinski definition) is 1. The van der Waals surface area contributed by atoms with Crippen LogP contribution in [0.15, 0.2) is 24.3 Å². The highest BCUT2D eigenvalue weighted by molar-refractivity contribution is 6.06. The van der Waals surface area contributed by atoms with Crippen LogP contribution in [0.3, 0.4) is 0 Å². The lowest BCUT2D eigenvalue weighted by molar-refractivity contribution is -0.121. The van der Waals surface area contributed by atoms with E-state index in [9.17, 15) is 4.79 Å². The Labute approximate surface area is 103 Å². The molecular formula is C15H21NO. The topological polar surface area (TPSA) is 29.1 Å². The van der Waals surface area contributed by atoms with Crippen LogP contribution in [0.4, 0.5) is 5.69 Å². The molecular weight excluding hydrogens is 210 g/mol. The van der Waals surface area contributed by atoms with Crippen molar-refractivity contribution in [3.8, 4) is 0 Å². The molecule has 2 nitrogen and oxygen atoms in total. The van der Waals surface area contributed by atoms with Gasteiger partial charge in [-0.25, -0.2) is 0 Å². The Hall–Kier alpha value is -1.31. The second kappa shape index (κ2) is 4.91. The second-order valence-corrected chi connectivity index (χ2v) is 4.94. The van der Waals surface area contributed by atoms with E-state index >= 15 is 0 Å². The fourth-order valence-corrected chi connectivity index (χ4v) is 2.90. The molecule has 1 heterocycles. The molecule has 0 aromatic heterocycles. The van der Waals surface area contributed by atoms with E-state index in [0.717, 1.165) is 37.8 Å². The third kappa shape index (κ3) is 1.97. The van der Waals surface area contributed by atoms with Gasteiger partial charge in [0.2, 0.25) is 5.91 Å². The number of para-hydroxylation sites is 1. The Morgan fingerprint density at radius 3 is 2.59 bits per heavy atom. The first-order valence-corrected chi connectivity index (χ1v) is 6.65. The Kier molecular flexibility index (Phi) is 3.51. The molecule has 0 fully saturated rings. The number of hydrogen-bond donors (Lipinski definition) is 1. The van der Waals surface area contributed by atoms with Gasteiger partial charge in [-0.3, -0.25) is 4.79 Å². The summed E-state index contributed by atoms with van der Waals surface area (Å²) in [7, 11) is 0. The zero-order chi connectivity index (χ0) is 12.3. The number of fused-ring (bicyclic) bond motifs is 1. The highest BCUT2D eigenvalue weighted by Crippen LogP contribution is 2.44. The molecule has 2 rings (SSSR count). The number of anilines is 1. The molecule has 1 aromatic carbocycles. The van der Waals surface area contributed by atoms with Gasteiger partial charge < -0.3 is 5.32 Å². The Bertz CT molecular complexity index is 413. The molecule has 1 unspecified atom stereocenters. The van der Waals surface area contributed by atoms with E-state index in [1.54, 1.807) is 0 Å². The molecule has 1 atom stereocenters. The van der Waals surface area contributed by atoms with Gasteiger partial charge in [-0.2, -0.15) is 0 Å². The van der Waals surface area contributed by atoms with Gasteiger partial charge in [0.1, 0.15) is 0 Å². The summed E-state index contributed by atoms with van der Waals surface area (Å²) in [6, 6.07) is 8.14. The normalized spacial score (nSPS) is 22.4. The minimum atomic E-state index is -0.263. The highest BCUT2D eigenvalue weighted by Gasteiger charge is 2.44. The van der Waals surface area contributed by atoms with Gasteiger partial charge in [-0.15, -0.1) is 0 Å². The van der Waals surface area contributed by atoms with E-state index in [-0.39, 0.29) is 11.3 Å². The van der Waals surface area contributed by atoms with E-state index in [2.05, 4.69) is 25.2 Å². The number of unbranched alkanes of at least 4 members (excludes halogenated alkanes) is 1. The molecule has 1 N–H and O–H groups in total. The molecule has 2 heteroatoms. The third-order valence-electron chi connectivity index (χ3n) is 3.76. The molecule has 17 heavy (non-hydrogen) atoms. The van der Waals surface area contributed by atoms with Crippen molar-refractivity contribution in [1.29, 1.82) is 0 Å². The molecule has 0 bridgehead atoms. The number of carbonyl (C=O) groups is 1. The number of rotatable bonds is 5. The van der Waals surface area contributed by atoms with Crippen LogP contribution in [0.5, 0.6) is 0 Å². The SMILES string of the molecule is CCCCC1(CCC)C(=O)Nc2ccccc21. The summed E-state index contributed by atoms with van der Waals surface area (Å²) in [4.78, 5) is 12.3. The maximum atomic E-state index is 12.3. The van der Waals surface area contributed by atoms with Gasteiger partial charge >= 0.3 is 0 Å². The monoisotopic (exact) mass is 231 g/mol. The zero-order valence-corrected chi connectivity index (χ0v) is 10.8. The summed E-state index contributed by atoms with van der Waals surface area (Å²) in [6.45, 7) is 4.33. The molecule has 0 saturated heterocycles. The van der Waals surface area contributed by atoms with E-state index in [1.165, 1.54) is 5.56 Å². The first-order chi connectivity index (χ1) is 8.24. The maximum absolute atomic E-state index is 12.3. The summed E-state index contributed by atoms with van der Waals surface area (Å²) in [5.74, 6) is 0.203. The molecule has 1 aliphatic rings. The second-order valence-electron chi connectivity index (χ2n) is 4.94. The van der Waals surface area contributed by atoms with Gasteiger partial charge in [0, 0.05) is 5.69 Å². The minimum absolute atomic E-state index is 0.203. The molecule has 1 aromatic rings. The van der Waals surface area contributed by atoms with Crippen LogP contribution in [0.25, 0.3) is 0 Å². The van der Waals surface area contributed by atoms with Gasteiger partial charge in [0.25, 0.3) is 0 Å². The van der Waals surface area contributed by atoms with E-state index in [0.29, 0.717) is 0 Å².